The van der Waals surface area contributed by atoms with Crippen molar-refractivity contribution in [2.75, 3.05) is 19.0 Å². The van der Waals surface area contributed by atoms with Gasteiger partial charge in [-0.15, -0.1) is 0 Å². The highest BCUT2D eigenvalue weighted by Gasteiger charge is 2.13. The Morgan fingerprint density at radius 3 is 2.54 bits per heavy atom. The molecule has 3 aromatic carbocycles. The lowest BCUT2D eigenvalue weighted by Crippen LogP contribution is -2.20. The summed E-state index contributed by atoms with van der Waals surface area (Å²) in [6.45, 7) is -0.158. The first-order valence-corrected chi connectivity index (χ1v) is 8.24. The maximum atomic E-state index is 12.1. The number of methoxy groups -OCH3 is 1. The molecule has 0 fully saturated rings. The van der Waals surface area contributed by atoms with Crippen LogP contribution in [0.3, 0.4) is 0 Å². The van der Waals surface area contributed by atoms with E-state index < -0.39 is 5.97 Å². The molecule has 0 bridgehead atoms. The maximum absolute atomic E-state index is 12.1. The van der Waals surface area contributed by atoms with Crippen molar-refractivity contribution in [2.24, 2.45) is 0 Å². The summed E-state index contributed by atoms with van der Waals surface area (Å²) < 4.78 is 10.2. The molecule has 0 atom stereocenters. The van der Waals surface area contributed by atoms with E-state index in [1.807, 2.05) is 42.5 Å². The summed E-state index contributed by atoms with van der Waals surface area (Å²) >= 11 is 5.96. The fourth-order valence-corrected chi connectivity index (χ4v) is 2.67. The fourth-order valence-electron chi connectivity index (χ4n) is 2.47. The number of carbonyl (C=O) groups is 2. The number of fused-ring (bicyclic) bond motifs is 1. The third kappa shape index (κ3) is 4.13. The van der Waals surface area contributed by atoms with Crippen LogP contribution < -0.4 is 10.1 Å². The highest BCUT2D eigenvalue weighted by molar-refractivity contribution is 6.33. The Labute approximate surface area is 155 Å². The van der Waals surface area contributed by atoms with Gasteiger partial charge in [0.1, 0.15) is 5.75 Å². The predicted molar refractivity (Wildman–Crippen MR) is 101 cm³/mol. The van der Waals surface area contributed by atoms with E-state index in [0.29, 0.717) is 11.4 Å². The fraction of sp³-hybridized carbons (Fsp3) is 0.100. The molecule has 0 spiro atoms. The van der Waals surface area contributed by atoms with Crippen LogP contribution in [0.2, 0.25) is 5.02 Å². The van der Waals surface area contributed by atoms with Crippen molar-refractivity contribution in [3.05, 3.63) is 71.2 Å². The number of halogens is 1. The van der Waals surface area contributed by atoms with E-state index in [1.54, 1.807) is 6.07 Å². The van der Waals surface area contributed by atoms with Crippen LogP contribution in [-0.4, -0.2) is 25.6 Å². The van der Waals surface area contributed by atoms with Gasteiger partial charge < -0.3 is 14.8 Å². The zero-order valence-corrected chi connectivity index (χ0v) is 14.7. The van der Waals surface area contributed by atoms with Crippen molar-refractivity contribution in [3.8, 4) is 5.75 Å². The summed E-state index contributed by atoms with van der Waals surface area (Å²) in [5, 5.41) is 5.05. The van der Waals surface area contributed by atoms with Crippen LogP contribution in [0, 0.1) is 0 Å². The van der Waals surface area contributed by atoms with Crippen molar-refractivity contribution in [2.45, 2.75) is 0 Å². The molecule has 0 radical (unpaired) electrons. The van der Waals surface area contributed by atoms with Crippen LogP contribution in [0.15, 0.2) is 60.7 Å². The van der Waals surface area contributed by atoms with E-state index in [1.165, 1.54) is 19.2 Å². The number of rotatable bonds is 5. The molecule has 3 aromatic rings. The second-order valence-electron chi connectivity index (χ2n) is 5.53. The molecule has 1 N–H and O–H groups in total. The Morgan fingerprint density at radius 1 is 1.00 bits per heavy atom. The van der Waals surface area contributed by atoms with Crippen LogP contribution in [-0.2, 0) is 9.53 Å². The van der Waals surface area contributed by atoms with Crippen LogP contribution in [0.25, 0.3) is 10.8 Å². The molecular weight excluding hydrogens is 354 g/mol. The van der Waals surface area contributed by atoms with Gasteiger partial charge in [-0.1, -0.05) is 41.9 Å². The maximum Gasteiger partial charge on any atom is 0.339 e. The van der Waals surface area contributed by atoms with Gasteiger partial charge in [0.2, 0.25) is 0 Å². The zero-order chi connectivity index (χ0) is 18.5. The van der Waals surface area contributed by atoms with Crippen LogP contribution >= 0.6 is 11.6 Å². The lowest BCUT2D eigenvalue weighted by atomic mass is 10.1. The van der Waals surface area contributed by atoms with Gasteiger partial charge in [0.25, 0.3) is 5.91 Å². The Kier molecular flexibility index (Phi) is 5.39. The standard InChI is InChI=1S/C20H16ClNO4/c1-25-20(24)17-11-15(7-9-18(17)21)22-19(23)12-26-16-8-6-13-4-2-3-5-14(13)10-16/h2-11H,12H2,1H3,(H,22,23). The molecule has 0 saturated carbocycles. The molecule has 5 nitrogen and oxygen atoms in total. The van der Waals surface area contributed by atoms with E-state index in [-0.39, 0.29) is 23.1 Å². The van der Waals surface area contributed by atoms with Gasteiger partial charge in [0.05, 0.1) is 17.7 Å². The third-order valence-electron chi connectivity index (χ3n) is 3.75. The van der Waals surface area contributed by atoms with Crippen molar-refractivity contribution in [1.82, 2.24) is 0 Å². The Hall–Kier alpha value is -3.05. The van der Waals surface area contributed by atoms with Gasteiger partial charge in [0.15, 0.2) is 6.61 Å². The number of anilines is 1. The van der Waals surface area contributed by atoms with E-state index in [0.717, 1.165) is 10.8 Å². The number of hydrogen-bond acceptors (Lipinski definition) is 4. The van der Waals surface area contributed by atoms with Crippen molar-refractivity contribution < 1.29 is 19.1 Å². The molecule has 0 unspecified atom stereocenters. The summed E-state index contributed by atoms with van der Waals surface area (Å²) in [5.74, 6) is -0.319. The summed E-state index contributed by atoms with van der Waals surface area (Å²) in [4.78, 5) is 23.7. The lowest BCUT2D eigenvalue weighted by Gasteiger charge is -2.10. The normalized spacial score (nSPS) is 10.4. The van der Waals surface area contributed by atoms with Crippen molar-refractivity contribution >= 4 is 39.9 Å². The zero-order valence-electron chi connectivity index (χ0n) is 14.0. The average Bonchev–Trinajstić information content (AvgIpc) is 2.67. The third-order valence-corrected chi connectivity index (χ3v) is 4.08. The van der Waals surface area contributed by atoms with Gasteiger partial charge >= 0.3 is 5.97 Å². The Balaban J connectivity index is 1.64. The minimum atomic E-state index is -0.571. The molecule has 26 heavy (non-hydrogen) atoms. The molecule has 6 heteroatoms. The molecule has 0 aliphatic heterocycles. The molecular formula is C20H16ClNO4. The minimum absolute atomic E-state index is 0.158. The number of nitrogens with one attached hydrogen (secondary N) is 1. The number of hydrogen-bond donors (Lipinski definition) is 1. The van der Waals surface area contributed by atoms with Crippen LogP contribution in [0.4, 0.5) is 5.69 Å². The summed E-state index contributed by atoms with van der Waals surface area (Å²) in [7, 11) is 1.27. The predicted octanol–water partition coefficient (Wildman–Crippen LogP) is 4.30. The summed E-state index contributed by atoms with van der Waals surface area (Å²) in [5.41, 5.74) is 0.615. The van der Waals surface area contributed by atoms with E-state index in [9.17, 15) is 9.59 Å². The second-order valence-corrected chi connectivity index (χ2v) is 5.94. The highest BCUT2D eigenvalue weighted by Crippen LogP contribution is 2.22. The van der Waals surface area contributed by atoms with Crippen LogP contribution in [0.1, 0.15) is 10.4 Å². The number of amides is 1. The average molecular weight is 370 g/mol. The molecule has 0 aliphatic rings. The quantitative estimate of drug-likeness (QED) is 0.681. The van der Waals surface area contributed by atoms with E-state index in [4.69, 9.17) is 16.3 Å². The molecule has 0 saturated heterocycles. The SMILES string of the molecule is COC(=O)c1cc(NC(=O)COc2ccc3ccccc3c2)ccc1Cl. The molecule has 0 aromatic heterocycles. The molecule has 0 aliphatic carbocycles. The first-order chi connectivity index (χ1) is 12.6. The highest BCUT2D eigenvalue weighted by atomic mass is 35.5. The largest absolute Gasteiger partial charge is 0.484 e. The van der Waals surface area contributed by atoms with Gasteiger partial charge in [-0.2, -0.15) is 0 Å². The minimum Gasteiger partial charge on any atom is -0.484 e. The second kappa shape index (κ2) is 7.89. The molecule has 132 valence electrons. The first kappa shape index (κ1) is 17.8. The summed E-state index contributed by atoms with van der Waals surface area (Å²) in [6.07, 6.45) is 0. The van der Waals surface area contributed by atoms with Gasteiger partial charge in [-0.25, -0.2) is 4.79 Å². The number of esters is 1. The first-order valence-electron chi connectivity index (χ1n) is 7.86. The van der Waals surface area contributed by atoms with E-state index in [2.05, 4.69) is 10.1 Å². The number of ether oxygens (including phenoxy) is 2. The van der Waals surface area contributed by atoms with Gasteiger partial charge in [0, 0.05) is 5.69 Å². The van der Waals surface area contributed by atoms with Crippen LogP contribution in [0.5, 0.6) is 5.75 Å². The smallest absolute Gasteiger partial charge is 0.339 e. The van der Waals surface area contributed by atoms with Gasteiger partial charge in [-0.3, -0.25) is 4.79 Å². The van der Waals surface area contributed by atoms with Crippen molar-refractivity contribution in [3.63, 3.8) is 0 Å². The van der Waals surface area contributed by atoms with E-state index >= 15 is 0 Å². The Bertz CT molecular complexity index is 971. The summed E-state index contributed by atoms with van der Waals surface area (Å²) in [6, 6.07) is 18.1. The Morgan fingerprint density at radius 2 is 1.77 bits per heavy atom. The van der Waals surface area contributed by atoms with Gasteiger partial charge in [-0.05, 0) is 41.1 Å². The molecule has 0 heterocycles. The molecule has 1 amide bonds. The monoisotopic (exact) mass is 369 g/mol. The number of benzene rings is 3. The lowest BCUT2D eigenvalue weighted by molar-refractivity contribution is -0.118. The van der Waals surface area contributed by atoms with Crippen molar-refractivity contribution in [1.29, 1.82) is 0 Å². The molecule has 3 rings (SSSR count). The number of carbonyl (C=O) groups excluding carboxylic acids is 2. The topological polar surface area (TPSA) is 64.6 Å².